The molecule has 0 radical (unpaired) electrons. The zero-order valence-corrected chi connectivity index (χ0v) is 27.7. The first-order valence-electron chi connectivity index (χ1n) is 15.5. The summed E-state index contributed by atoms with van der Waals surface area (Å²) in [6.45, 7) is 7.10. The van der Waals surface area contributed by atoms with Gasteiger partial charge in [-0.25, -0.2) is 4.98 Å². The number of imidazole rings is 2. The summed E-state index contributed by atoms with van der Waals surface area (Å²) in [6, 6.07) is 5.85. The number of nitrogens with zero attached hydrogens (tertiary/aromatic N) is 6. The van der Waals surface area contributed by atoms with E-state index in [1.165, 1.54) is 0 Å². The number of carbonyl (C=O) groups is 2. The van der Waals surface area contributed by atoms with Crippen LogP contribution in [0, 0.1) is 0 Å². The van der Waals surface area contributed by atoms with Gasteiger partial charge in [-0.2, -0.15) is 4.98 Å². The highest BCUT2D eigenvalue weighted by Crippen LogP contribution is 2.39. The van der Waals surface area contributed by atoms with Gasteiger partial charge in [0, 0.05) is 34.0 Å². The zero-order valence-electron chi connectivity index (χ0n) is 26.9. The van der Waals surface area contributed by atoms with Gasteiger partial charge in [0.05, 0.1) is 24.4 Å². The number of hydrogen-bond acceptors (Lipinski definition) is 8. The predicted molar refractivity (Wildman–Crippen MR) is 172 cm³/mol. The van der Waals surface area contributed by atoms with Crippen molar-refractivity contribution in [2.45, 2.75) is 97.1 Å². The number of aromatic nitrogens is 4. The minimum absolute atomic E-state index is 0.0472. The molecule has 242 valence electrons. The van der Waals surface area contributed by atoms with E-state index in [1.54, 1.807) is 21.6 Å². The van der Waals surface area contributed by atoms with Gasteiger partial charge in [0.25, 0.3) is 18.4 Å². The van der Waals surface area contributed by atoms with Crippen LogP contribution in [0.1, 0.15) is 90.1 Å². The second kappa shape index (κ2) is 16.6. The molecule has 11 nitrogen and oxygen atoms in total. The third-order valence-electron chi connectivity index (χ3n) is 8.04. The highest BCUT2D eigenvalue weighted by Gasteiger charge is 2.48. The first-order chi connectivity index (χ1) is 21.2. The van der Waals surface area contributed by atoms with Gasteiger partial charge in [0.2, 0.25) is 0 Å². The van der Waals surface area contributed by atoms with Crippen molar-refractivity contribution in [3.63, 3.8) is 0 Å². The van der Waals surface area contributed by atoms with Crippen LogP contribution in [-0.4, -0.2) is 66.5 Å². The highest BCUT2D eigenvalue weighted by atomic mass is 35.5. The smallest absolute Gasteiger partial charge is 0.298 e. The van der Waals surface area contributed by atoms with E-state index in [0.29, 0.717) is 35.7 Å². The molecular formula is C32H47ClN6O5. The van der Waals surface area contributed by atoms with E-state index in [4.69, 9.17) is 31.2 Å². The van der Waals surface area contributed by atoms with E-state index >= 15 is 0 Å². The molecule has 1 aliphatic heterocycles. The molecule has 2 aliphatic rings. The van der Waals surface area contributed by atoms with Crippen LogP contribution in [0.15, 0.2) is 23.2 Å². The maximum atomic E-state index is 12.1. The number of aliphatic hydroxyl groups is 1. The molecule has 1 fully saturated rings. The molecule has 1 aromatic carbocycles. The van der Waals surface area contributed by atoms with Crippen molar-refractivity contribution in [1.29, 1.82) is 0 Å². The van der Waals surface area contributed by atoms with Crippen LogP contribution in [0.3, 0.4) is 0 Å². The Bertz CT molecular complexity index is 1430. The lowest BCUT2D eigenvalue weighted by Crippen LogP contribution is -2.38. The Balaban J connectivity index is 0.000000181. The summed E-state index contributed by atoms with van der Waals surface area (Å²) in [7, 11) is 5.58. The molecule has 1 aliphatic carbocycles. The number of amides is 1. The number of halogens is 1. The number of likely N-dealkylation sites (N-methyl/N-ethyl adjacent to an activating group) is 1. The molecule has 44 heavy (non-hydrogen) atoms. The van der Waals surface area contributed by atoms with Gasteiger partial charge in [0.15, 0.2) is 10.9 Å². The van der Waals surface area contributed by atoms with E-state index < -0.39 is 0 Å². The summed E-state index contributed by atoms with van der Waals surface area (Å²) in [4.78, 5) is 37.5. The second-order valence-corrected chi connectivity index (χ2v) is 11.4. The quantitative estimate of drug-likeness (QED) is 0.267. The van der Waals surface area contributed by atoms with Crippen LogP contribution in [0.4, 0.5) is 0 Å². The fraction of sp³-hybridized carbons (Fsp3) is 0.594. The number of aliphatic imine (C=N–C) groups is 1. The Labute approximate surface area is 265 Å². The van der Waals surface area contributed by atoms with Gasteiger partial charge in [-0.15, -0.1) is 0 Å². The van der Waals surface area contributed by atoms with E-state index in [-0.39, 0.29) is 18.1 Å². The molecule has 5 rings (SSSR count). The maximum Gasteiger partial charge on any atom is 0.298 e. The fourth-order valence-corrected chi connectivity index (χ4v) is 5.82. The number of ether oxygens (including phenoxy) is 2. The van der Waals surface area contributed by atoms with Crippen molar-refractivity contribution in [3.05, 3.63) is 34.9 Å². The summed E-state index contributed by atoms with van der Waals surface area (Å²) in [5.41, 5.74) is 1.86. The summed E-state index contributed by atoms with van der Waals surface area (Å²) < 4.78 is 13.9. The Morgan fingerprint density at radius 1 is 1.02 bits per heavy atom. The number of amidine groups is 1. The number of benzene rings is 1. The van der Waals surface area contributed by atoms with Gasteiger partial charge in [0.1, 0.15) is 22.7 Å². The van der Waals surface area contributed by atoms with Crippen molar-refractivity contribution in [2.75, 3.05) is 13.7 Å². The molecule has 3 aromatic rings. The Morgan fingerprint density at radius 2 is 1.70 bits per heavy atom. The highest BCUT2D eigenvalue weighted by molar-refractivity contribution is 6.30. The van der Waals surface area contributed by atoms with E-state index in [2.05, 4.69) is 23.8 Å². The lowest BCUT2D eigenvalue weighted by atomic mass is 9.98. The molecular weight excluding hydrogens is 584 g/mol. The fourth-order valence-electron chi connectivity index (χ4n) is 5.54. The molecule has 12 heteroatoms. The molecule has 1 amide bonds. The van der Waals surface area contributed by atoms with Gasteiger partial charge in [-0.05, 0) is 44.7 Å². The lowest BCUT2D eigenvalue weighted by Gasteiger charge is -2.18. The minimum Gasteiger partial charge on any atom is -0.465 e. The molecule has 0 bridgehead atoms. The SMILES string of the molecule is CCCCC1=NC2(CCCC2)C(=O)N1C.CCCCc1nc(Cl)c(CO)n1C.CCOc1nc2cccc(OC=O)c2n1C. The monoisotopic (exact) mass is 630 g/mol. The first-order valence-corrected chi connectivity index (χ1v) is 15.9. The van der Waals surface area contributed by atoms with Crippen molar-refractivity contribution >= 4 is 40.8 Å². The van der Waals surface area contributed by atoms with Crippen molar-refractivity contribution < 1.29 is 24.2 Å². The second-order valence-electron chi connectivity index (χ2n) is 11.0. The average Bonchev–Trinajstić information content (AvgIpc) is 3.75. The number of fused-ring (bicyclic) bond motifs is 1. The third kappa shape index (κ3) is 7.98. The standard InChI is InChI=1S/C12H20N2O.C11H12N2O3.C9H15ClN2O/c1-3-4-7-10-13-12(8-5-6-9-12)11(15)14(10)2;1-3-15-11-12-8-5-4-6-9(16-7-14)10(8)13(11)2;1-3-4-5-8-11-9(10)7(6-13)12(8)2/h3-9H2,1-2H3;4-7H,3H2,1-2H3;13H,3-6H2,1-2H3. The molecule has 0 atom stereocenters. The number of aryl methyl sites for hydroxylation is 2. The number of hydrogen-bond donors (Lipinski definition) is 1. The topological polar surface area (TPSA) is 124 Å². The summed E-state index contributed by atoms with van der Waals surface area (Å²) >= 11 is 5.84. The molecule has 0 saturated heterocycles. The van der Waals surface area contributed by atoms with Crippen LogP contribution in [0.2, 0.25) is 5.15 Å². The molecule has 1 spiro atoms. The van der Waals surface area contributed by atoms with E-state index in [1.807, 2.05) is 38.7 Å². The van der Waals surface area contributed by atoms with Crippen LogP contribution < -0.4 is 9.47 Å². The van der Waals surface area contributed by atoms with E-state index in [9.17, 15) is 9.59 Å². The summed E-state index contributed by atoms with van der Waals surface area (Å²) in [6.07, 6.45) is 10.7. The van der Waals surface area contributed by atoms with E-state index in [0.717, 1.165) is 86.9 Å². The number of carbonyl (C=O) groups excluding carboxylic acids is 2. The predicted octanol–water partition coefficient (Wildman–Crippen LogP) is 5.78. The van der Waals surface area contributed by atoms with Crippen LogP contribution in [0.5, 0.6) is 11.8 Å². The lowest BCUT2D eigenvalue weighted by molar-refractivity contribution is -0.130. The largest absolute Gasteiger partial charge is 0.465 e. The van der Waals surface area contributed by atoms with Crippen LogP contribution >= 0.6 is 11.6 Å². The van der Waals surface area contributed by atoms with Crippen LogP contribution in [-0.2, 0) is 36.7 Å². The Kier molecular flexibility index (Phi) is 13.2. The molecule has 3 heterocycles. The number of aliphatic hydroxyl groups excluding tert-OH is 1. The van der Waals surface area contributed by atoms with Crippen molar-refractivity contribution in [1.82, 2.24) is 24.0 Å². The maximum absolute atomic E-state index is 12.1. The number of para-hydroxylation sites is 1. The molecule has 2 aromatic heterocycles. The number of unbranched alkanes of at least 4 members (excludes halogenated alkanes) is 2. The Hall–Kier alpha value is -3.44. The van der Waals surface area contributed by atoms with Crippen LogP contribution in [0.25, 0.3) is 11.0 Å². The number of rotatable bonds is 11. The minimum atomic E-state index is -0.335. The summed E-state index contributed by atoms with van der Waals surface area (Å²) in [5, 5.41) is 9.42. The molecule has 1 N–H and O–H groups in total. The average molecular weight is 631 g/mol. The van der Waals surface area contributed by atoms with Gasteiger partial charge in [-0.3, -0.25) is 19.1 Å². The first kappa shape index (κ1) is 35.0. The van der Waals surface area contributed by atoms with Crippen molar-refractivity contribution in [2.24, 2.45) is 19.1 Å². The van der Waals surface area contributed by atoms with Gasteiger partial charge in [-0.1, -0.05) is 57.2 Å². The normalized spacial score (nSPS) is 15.1. The molecule has 0 unspecified atom stereocenters. The van der Waals surface area contributed by atoms with Gasteiger partial charge < -0.3 is 24.0 Å². The zero-order chi connectivity index (χ0) is 32.3. The van der Waals surface area contributed by atoms with Crippen molar-refractivity contribution in [3.8, 4) is 11.8 Å². The molecule has 1 saturated carbocycles. The van der Waals surface area contributed by atoms with Gasteiger partial charge >= 0.3 is 0 Å². The summed E-state index contributed by atoms with van der Waals surface area (Å²) in [5.74, 6) is 2.69. The Morgan fingerprint density at radius 3 is 2.30 bits per heavy atom. The third-order valence-corrected chi connectivity index (χ3v) is 8.35.